The van der Waals surface area contributed by atoms with Gasteiger partial charge in [-0.1, -0.05) is 6.07 Å². The van der Waals surface area contributed by atoms with Gasteiger partial charge in [0.2, 0.25) is 15.9 Å². The average Bonchev–Trinajstić information content (AvgIpc) is 3.44. The largest absolute Gasteiger partial charge is 0.467 e. The van der Waals surface area contributed by atoms with Crippen LogP contribution < -0.4 is 10.0 Å². The van der Waals surface area contributed by atoms with Gasteiger partial charge in [0.05, 0.1) is 30.4 Å². The molecule has 2 aromatic rings. The van der Waals surface area contributed by atoms with Crippen LogP contribution in [0, 0.1) is 0 Å². The minimum absolute atomic E-state index is 0.0120. The highest BCUT2D eigenvalue weighted by molar-refractivity contribution is 7.89. The maximum atomic E-state index is 12.7. The van der Waals surface area contributed by atoms with Crippen molar-refractivity contribution in [3.05, 3.63) is 54.0 Å². The maximum absolute atomic E-state index is 12.7. The summed E-state index contributed by atoms with van der Waals surface area (Å²) in [5, 5.41) is 2.66. The summed E-state index contributed by atoms with van der Waals surface area (Å²) >= 11 is 0. The zero-order valence-electron chi connectivity index (χ0n) is 16.7. The molecule has 3 rings (SSSR count). The highest BCUT2D eigenvalue weighted by atomic mass is 32.2. The van der Waals surface area contributed by atoms with Crippen LogP contribution in [0.2, 0.25) is 0 Å². The molecule has 162 valence electrons. The molecule has 1 aromatic carbocycles. The monoisotopic (exact) mass is 435 g/mol. The minimum atomic E-state index is -3.78. The van der Waals surface area contributed by atoms with Crippen LogP contribution in [-0.2, 0) is 26.1 Å². The Hall–Kier alpha value is -2.69. The van der Waals surface area contributed by atoms with E-state index in [4.69, 9.17) is 9.15 Å². The predicted octanol–water partition coefficient (Wildman–Crippen LogP) is 1.13. The van der Waals surface area contributed by atoms with Gasteiger partial charge in [-0.2, -0.15) is 0 Å². The second-order valence-corrected chi connectivity index (χ2v) is 8.80. The van der Waals surface area contributed by atoms with E-state index in [9.17, 15) is 18.0 Å². The van der Waals surface area contributed by atoms with Gasteiger partial charge in [0.25, 0.3) is 5.91 Å². The number of likely N-dealkylation sites (N-methyl/N-ethyl adjacent to an activating group) is 1. The molecule has 1 fully saturated rings. The van der Waals surface area contributed by atoms with E-state index in [-0.39, 0.29) is 42.1 Å². The van der Waals surface area contributed by atoms with Crippen molar-refractivity contribution in [1.29, 1.82) is 0 Å². The summed E-state index contributed by atoms with van der Waals surface area (Å²) in [4.78, 5) is 25.9. The van der Waals surface area contributed by atoms with Gasteiger partial charge in [0, 0.05) is 25.8 Å². The van der Waals surface area contributed by atoms with Crippen molar-refractivity contribution in [3.8, 4) is 0 Å². The van der Waals surface area contributed by atoms with E-state index in [1.54, 1.807) is 12.1 Å². The number of furan rings is 1. The summed E-state index contributed by atoms with van der Waals surface area (Å²) in [6, 6.07) is 9.18. The van der Waals surface area contributed by atoms with E-state index in [1.807, 2.05) is 0 Å². The molecule has 1 saturated heterocycles. The summed E-state index contributed by atoms with van der Waals surface area (Å²) in [6.45, 7) is 0.875. The summed E-state index contributed by atoms with van der Waals surface area (Å²) in [7, 11) is -2.30. The number of amides is 2. The Morgan fingerprint density at radius 1 is 1.23 bits per heavy atom. The number of carbonyl (C=O) groups excluding carboxylic acids is 2. The smallest absolute Gasteiger partial charge is 0.254 e. The minimum Gasteiger partial charge on any atom is -0.467 e. The van der Waals surface area contributed by atoms with Crippen molar-refractivity contribution in [2.24, 2.45) is 0 Å². The molecule has 0 unspecified atom stereocenters. The van der Waals surface area contributed by atoms with Gasteiger partial charge in [-0.3, -0.25) is 9.59 Å². The third-order valence-corrected chi connectivity index (χ3v) is 6.10. The molecule has 10 heteroatoms. The van der Waals surface area contributed by atoms with Gasteiger partial charge < -0.3 is 19.4 Å². The molecule has 9 nitrogen and oxygen atoms in total. The van der Waals surface area contributed by atoms with Gasteiger partial charge in [0.1, 0.15) is 5.76 Å². The van der Waals surface area contributed by atoms with Crippen LogP contribution >= 0.6 is 0 Å². The first-order chi connectivity index (χ1) is 14.3. The SMILES string of the molecule is CN(CC(=O)NCc1ccco1)C(=O)c1cccc(S(=O)(=O)NC[C@H]2CCCO2)c1. The Kier molecular flexibility index (Phi) is 7.24. The standard InChI is InChI=1S/C20H25N3O6S/c1-23(14-19(24)21-12-16-6-3-9-28-16)20(25)15-5-2-8-18(11-15)30(26,27)22-13-17-7-4-10-29-17/h2-3,5-6,8-9,11,17,22H,4,7,10,12-14H2,1H3,(H,21,24)/t17-/m1/s1. The Labute approximate surface area is 175 Å². The normalized spacial score (nSPS) is 16.4. The van der Waals surface area contributed by atoms with Crippen LogP contribution in [0.5, 0.6) is 0 Å². The predicted molar refractivity (Wildman–Crippen MR) is 108 cm³/mol. The molecule has 0 radical (unpaired) electrons. The number of hydrogen-bond donors (Lipinski definition) is 2. The molecule has 1 atom stereocenters. The maximum Gasteiger partial charge on any atom is 0.254 e. The fraction of sp³-hybridized carbons (Fsp3) is 0.400. The highest BCUT2D eigenvalue weighted by Crippen LogP contribution is 2.15. The fourth-order valence-corrected chi connectivity index (χ4v) is 4.16. The Morgan fingerprint density at radius 2 is 2.07 bits per heavy atom. The molecular formula is C20H25N3O6S. The Morgan fingerprint density at radius 3 is 2.77 bits per heavy atom. The molecule has 0 saturated carbocycles. The first-order valence-corrected chi connectivity index (χ1v) is 11.1. The number of nitrogens with zero attached hydrogens (tertiary/aromatic N) is 1. The van der Waals surface area contributed by atoms with Gasteiger partial charge >= 0.3 is 0 Å². The molecule has 1 aromatic heterocycles. The molecule has 0 spiro atoms. The van der Waals surface area contributed by atoms with Gasteiger partial charge in [-0.05, 0) is 43.2 Å². The molecule has 30 heavy (non-hydrogen) atoms. The van der Waals surface area contributed by atoms with Crippen LogP contribution in [0.3, 0.4) is 0 Å². The second-order valence-electron chi connectivity index (χ2n) is 7.03. The van der Waals surface area contributed by atoms with Crippen molar-refractivity contribution >= 4 is 21.8 Å². The van der Waals surface area contributed by atoms with Crippen molar-refractivity contribution < 1.29 is 27.2 Å². The average molecular weight is 436 g/mol. The van der Waals surface area contributed by atoms with Crippen molar-refractivity contribution in [1.82, 2.24) is 14.9 Å². The number of sulfonamides is 1. The molecule has 0 aliphatic carbocycles. The van der Waals surface area contributed by atoms with E-state index in [0.717, 1.165) is 12.8 Å². The number of hydrogen-bond acceptors (Lipinski definition) is 6. The second kappa shape index (κ2) is 9.88. The lowest BCUT2D eigenvalue weighted by molar-refractivity contribution is -0.121. The molecule has 2 amide bonds. The van der Waals surface area contributed by atoms with Crippen molar-refractivity contribution in [2.75, 3.05) is 26.7 Å². The molecule has 1 aliphatic rings. The Balaban J connectivity index is 1.57. The summed E-state index contributed by atoms with van der Waals surface area (Å²) in [5.74, 6) is -0.214. The number of ether oxygens (including phenoxy) is 1. The summed E-state index contributed by atoms with van der Waals surface area (Å²) in [5.41, 5.74) is 0.177. The Bertz CT molecular complexity index is 968. The molecule has 2 N–H and O–H groups in total. The van der Waals surface area contributed by atoms with E-state index < -0.39 is 15.9 Å². The third kappa shape index (κ3) is 5.91. The fourth-order valence-electron chi connectivity index (χ4n) is 3.05. The lowest BCUT2D eigenvalue weighted by Gasteiger charge is -2.17. The van der Waals surface area contributed by atoms with Crippen LogP contribution in [-0.4, -0.2) is 58.0 Å². The van der Waals surface area contributed by atoms with Crippen LogP contribution in [0.4, 0.5) is 0 Å². The first kappa shape index (κ1) is 22.0. The van der Waals surface area contributed by atoms with Crippen LogP contribution in [0.15, 0.2) is 52.0 Å². The van der Waals surface area contributed by atoms with Gasteiger partial charge in [-0.25, -0.2) is 13.1 Å². The van der Waals surface area contributed by atoms with Crippen molar-refractivity contribution in [2.45, 2.75) is 30.4 Å². The van der Waals surface area contributed by atoms with Gasteiger partial charge in [-0.15, -0.1) is 0 Å². The third-order valence-electron chi connectivity index (χ3n) is 4.68. The highest BCUT2D eigenvalue weighted by Gasteiger charge is 2.22. The topological polar surface area (TPSA) is 118 Å². The molecule has 0 bridgehead atoms. The zero-order valence-corrected chi connectivity index (χ0v) is 17.5. The lowest BCUT2D eigenvalue weighted by atomic mass is 10.2. The van der Waals surface area contributed by atoms with E-state index in [0.29, 0.717) is 12.4 Å². The lowest BCUT2D eigenvalue weighted by Crippen LogP contribution is -2.38. The van der Waals surface area contributed by atoms with E-state index >= 15 is 0 Å². The van der Waals surface area contributed by atoms with Gasteiger partial charge in [0.15, 0.2) is 0 Å². The molecule has 1 aliphatic heterocycles. The van der Waals surface area contributed by atoms with E-state index in [2.05, 4.69) is 10.0 Å². The summed E-state index contributed by atoms with van der Waals surface area (Å²) in [6.07, 6.45) is 3.11. The number of rotatable bonds is 9. The first-order valence-electron chi connectivity index (χ1n) is 9.61. The quantitative estimate of drug-likeness (QED) is 0.610. The van der Waals surface area contributed by atoms with Crippen molar-refractivity contribution in [3.63, 3.8) is 0 Å². The number of nitrogens with one attached hydrogen (secondary N) is 2. The van der Waals surface area contributed by atoms with Crippen LogP contribution in [0.25, 0.3) is 0 Å². The molecule has 2 heterocycles. The van der Waals surface area contributed by atoms with E-state index in [1.165, 1.54) is 42.5 Å². The number of carbonyl (C=O) groups is 2. The zero-order chi connectivity index (χ0) is 21.6. The molecular weight excluding hydrogens is 410 g/mol. The number of benzene rings is 1. The summed E-state index contributed by atoms with van der Waals surface area (Å²) < 4.78 is 38.2. The van der Waals surface area contributed by atoms with Crippen LogP contribution in [0.1, 0.15) is 29.0 Å².